The molecule has 39 heavy (non-hydrogen) atoms. The summed E-state index contributed by atoms with van der Waals surface area (Å²) in [5.41, 5.74) is 2.66. The Morgan fingerprint density at radius 2 is 1.85 bits per heavy atom. The lowest BCUT2D eigenvalue weighted by Gasteiger charge is -2.29. The molecule has 0 spiro atoms. The number of carbonyl (C=O) groups is 1. The van der Waals surface area contributed by atoms with Gasteiger partial charge in [0, 0.05) is 6.54 Å². The summed E-state index contributed by atoms with van der Waals surface area (Å²) in [7, 11) is 0. The number of amidine groups is 1. The number of aryl methyl sites for hydroxylation is 1. The van der Waals surface area contributed by atoms with Crippen LogP contribution in [0.3, 0.4) is 0 Å². The topological polar surface area (TPSA) is 63.5 Å². The second-order valence-corrected chi connectivity index (χ2v) is 11.8. The van der Waals surface area contributed by atoms with E-state index in [1.54, 1.807) is 23.9 Å². The Hall–Kier alpha value is -1.90. The first-order valence-corrected chi connectivity index (χ1v) is 15.5. The smallest absolute Gasteiger partial charge is 0.317 e. The van der Waals surface area contributed by atoms with E-state index in [2.05, 4.69) is 24.0 Å². The highest BCUT2D eigenvalue weighted by Crippen LogP contribution is 2.36. The number of hydrogen-bond acceptors (Lipinski definition) is 7. The van der Waals surface area contributed by atoms with E-state index >= 15 is 0 Å². The van der Waals surface area contributed by atoms with E-state index in [1.165, 1.54) is 24.8 Å². The van der Waals surface area contributed by atoms with Crippen molar-refractivity contribution < 1.29 is 14.3 Å². The second kappa shape index (κ2) is 15.8. The van der Waals surface area contributed by atoms with Gasteiger partial charge in [-0.3, -0.25) is 9.79 Å². The largest absolute Gasteiger partial charge is 0.465 e. The van der Waals surface area contributed by atoms with Gasteiger partial charge in [-0.15, -0.1) is 0 Å². The number of thioether (sulfide) groups is 1. The van der Waals surface area contributed by atoms with Crippen LogP contribution in [0.4, 0.5) is 0 Å². The van der Waals surface area contributed by atoms with Crippen molar-refractivity contribution in [1.29, 1.82) is 0 Å². The van der Waals surface area contributed by atoms with E-state index in [0.29, 0.717) is 34.1 Å². The van der Waals surface area contributed by atoms with Gasteiger partial charge in [-0.1, -0.05) is 84.7 Å². The van der Waals surface area contributed by atoms with Crippen molar-refractivity contribution >= 4 is 51.8 Å². The molecule has 210 valence electrons. The number of nitrogens with zero attached hydrogens (tertiary/aromatic N) is 3. The van der Waals surface area contributed by atoms with Crippen LogP contribution in [0.25, 0.3) is 0 Å². The minimum Gasteiger partial charge on any atom is -0.465 e. The molecule has 2 aromatic rings. The van der Waals surface area contributed by atoms with Crippen LogP contribution in [0.2, 0.25) is 10.0 Å². The average Bonchev–Trinajstić information content (AvgIpc) is 2.96. The maximum Gasteiger partial charge on any atom is 0.317 e. The summed E-state index contributed by atoms with van der Waals surface area (Å²) in [4.78, 5) is 25.7. The van der Waals surface area contributed by atoms with E-state index < -0.39 is 12.0 Å². The summed E-state index contributed by atoms with van der Waals surface area (Å²) in [6.07, 6.45) is 5.36. The molecular formula is C30H37Cl2N3O3S. The van der Waals surface area contributed by atoms with Crippen LogP contribution < -0.4 is 0 Å². The number of halogens is 2. The summed E-state index contributed by atoms with van der Waals surface area (Å²) in [5, 5.41) is 1.51. The van der Waals surface area contributed by atoms with Gasteiger partial charge in [-0.2, -0.15) is 0 Å². The van der Waals surface area contributed by atoms with Crippen LogP contribution in [0, 0.1) is 5.92 Å². The van der Waals surface area contributed by atoms with Crippen molar-refractivity contribution in [2.24, 2.45) is 15.9 Å². The zero-order chi connectivity index (χ0) is 27.5. The standard InChI is InChI=1S/C30H37Cl2N3O3S/c1-2-39-30-33-26(21-37-19-17-35-15-7-4-8-16-35)27(28(34-30)23-13-14-24(31)25(32)20-23)29(36)38-18-9-12-22-10-5-3-6-11-22/h3,5-6,10-11,13-14,20,27-28H,2,4,7-9,12,15-19,21H2,1H3. The van der Waals surface area contributed by atoms with Gasteiger partial charge in [0.15, 0.2) is 5.17 Å². The molecule has 0 aromatic heterocycles. The molecule has 4 rings (SSSR count). The molecule has 2 aromatic carbocycles. The van der Waals surface area contributed by atoms with Crippen LogP contribution in [-0.2, 0) is 20.7 Å². The lowest BCUT2D eigenvalue weighted by molar-refractivity contribution is -0.147. The van der Waals surface area contributed by atoms with E-state index in [0.717, 1.165) is 43.8 Å². The van der Waals surface area contributed by atoms with E-state index in [-0.39, 0.29) is 12.6 Å². The molecule has 0 amide bonds. The Kier molecular flexibility index (Phi) is 12.2. The lowest BCUT2D eigenvalue weighted by Crippen LogP contribution is -2.38. The Morgan fingerprint density at radius 3 is 2.59 bits per heavy atom. The van der Waals surface area contributed by atoms with Gasteiger partial charge >= 0.3 is 5.97 Å². The minimum absolute atomic E-state index is 0.249. The number of carbonyl (C=O) groups excluding carboxylic acids is 1. The minimum atomic E-state index is -0.699. The van der Waals surface area contributed by atoms with Gasteiger partial charge < -0.3 is 14.4 Å². The zero-order valence-electron chi connectivity index (χ0n) is 22.5. The van der Waals surface area contributed by atoms with E-state index in [4.69, 9.17) is 42.7 Å². The fourth-order valence-electron chi connectivity index (χ4n) is 4.88. The molecule has 2 atom stereocenters. The predicted molar refractivity (Wildman–Crippen MR) is 163 cm³/mol. The number of aliphatic imine (C=N–C) groups is 2. The molecule has 2 aliphatic rings. The normalized spacial score (nSPS) is 19.9. The maximum absolute atomic E-state index is 13.6. The third kappa shape index (κ3) is 9.05. The van der Waals surface area contributed by atoms with E-state index in [1.807, 2.05) is 24.3 Å². The summed E-state index contributed by atoms with van der Waals surface area (Å²) in [5.74, 6) is -0.231. The van der Waals surface area contributed by atoms with Crippen molar-refractivity contribution in [2.45, 2.75) is 45.1 Å². The van der Waals surface area contributed by atoms with Crippen LogP contribution in [0.15, 0.2) is 58.5 Å². The van der Waals surface area contributed by atoms with Crippen molar-refractivity contribution in [1.82, 2.24) is 4.90 Å². The van der Waals surface area contributed by atoms with Gasteiger partial charge in [0.1, 0.15) is 5.92 Å². The second-order valence-electron chi connectivity index (χ2n) is 9.76. The first-order valence-electron chi connectivity index (χ1n) is 13.8. The third-order valence-electron chi connectivity index (χ3n) is 6.92. The molecule has 0 radical (unpaired) electrons. The first-order chi connectivity index (χ1) is 19.0. The number of rotatable bonds is 12. The molecule has 6 nitrogen and oxygen atoms in total. The summed E-state index contributed by atoms with van der Waals surface area (Å²) in [6.45, 7) is 6.32. The highest BCUT2D eigenvalue weighted by atomic mass is 35.5. The number of piperidine rings is 1. The SMILES string of the molecule is CCSC1=NC(c2ccc(Cl)c(Cl)c2)C(C(=O)OCCCc2ccccc2)C(COCCN2CCCCC2)=N1. The van der Waals surface area contributed by atoms with Gasteiger partial charge in [0.05, 0.1) is 41.6 Å². The quantitative estimate of drug-likeness (QED) is 0.199. The molecule has 1 fully saturated rings. The Morgan fingerprint density at radius 1 is 1.05 bits per heavy atom. The van der Waals surface area contributed by atoms with Crippen LogP contribution in [-0.4, -0.2) is 67.0 Å². The number of hydrogen-bond donors (Lipinski definition) is 0. The summed E-state index contributed by atoms with van der Waals surface area (Å²) >= 11 is 14.1. The van der Waals surface area contributed by atoms with Gasteiger partial charge in [-0.25, -0.2) is 4.99 Å². The molecule has 2 heterocycles. The molecule has 9 heteroatoms. The third-order valence-corrected chi connectivity index (χ3v) is 8.41. The molecule has 0 aliphatic carbocycles. The average molecular weight is 591 g/mol. The number of ether oxygens (including phenoxy) is 2. The Balaban J connectivity index is 1.48. The molecule has 2 unspecified atom stereocenters. The molecule has 1 saturated heterocycles. The molecule has 2 aliphatic heterocycles. The van der Waals surface area contributed by atoms with E-state index in [9.17, 15) is 4.79 Å². The lowest BCUT2D eigenvalue weighted by atomic mass is 9.88. The first kappa shape index (κ1) is 30.1. The highest BCUT2D eigenvalue weighted by Gasteiger charge is 2.39. The molecule has 0 bridgehead atoms. The van der Waals surface area contributed by atoms with Gasteiger partial charge in [-0.05, 0) is 67.8 Å². The Labute approximate surface area is 246 Å². The fourth-order valence-corrected chi connectivity index (χ4v) is 5.82. The van der Waals surface area contributed by atoms with Gasteiger partial charge in [0.2, 0.25) is 0 Å². The van der Waals surface area contributed by atoms with Crippen molar-refractivity contribution in [2.75, 3.05) is 45.2 Å². The zero-order valence-corrected chi connectivity index (χ0v) is 24.8. The van der Waals surface area contributed by atoms with Crippen LogP contribution in [0.5, 0.6) is 0 Å². The van der Waals surface area contributed by atoms with Crippen molar-refractivity contribution in [3.63, 3.8) is 0 Å². The maximum atomic E-state index is 13.6. The predicted octanol–water partition coefficient (Wildman–Crippen LogP) is 6.89. The summed E-state index contributed by atoms with van der Waals surface area (Å²) in [6, 6.07) is 15.1. The molecular weight excluding hydrogens is 553 g/mol. The molecule has 0 N–H and O–H groups in total. The number of esters is 1. The number of benzene rings is 2. The van der Waals surface area contributed by atoms with Crippen LogP contribution in [0.1, 0.15) is 49.8 Å². The van der Waals surface area contributed by atoms with Crippen molar-refractivity contribution in [3.05, 3.63) is 69.7 Å². The summed E-state index contributed by atoms with van der Waals surface area (Å²) < 4.78 is 11.9. The number of likely N-dealkylation sites (tertiary alicyclic amines) is 1. The highest BCUT2D eigenvalue weighted by molar-refractivity contribution is 8.13. The van der Waals surface area contributed by atoms with Crippen LogP contribution >= 0.6 is 35.0 Å². The van der Waals surface area contributed by atoms with Gasteiger partial charge in [0.25, 0.3) is 0 Å². The fraction of sp³-hybridized carbons (Fsp3) is 0.500. The Bertz CT molecular complexity index is 1140. The molecule has 0 saturated carbocycles. The van der Waals surface area contributed by atoms with Crippen molar-refractivity contribution in [3.8, 4) is 0 Å². The monoisotopic (exact) mass is 589 g/mol.